The van der Waals surface area contributed by atoms with Crippen LogP contribution in [0.1, 0.15) is 31.4 Å². The van der Waals surface area contributed by atoms with E-state index in [1.54, 1.807) is 6.08 Å². The standard InChI is InChI=1S/C27H29N3O2/c1-3-18-8-9-20(13-22(18)21-12-19-6-4-5-7-25(19)29-15-21)26-14-23(27(31)32)24(16-30-26)17(2)10-11-28/h4-9,12-15,17,24H,3,10-11,16,28H2,1-2H3,(H,31,32). The van der Waals surface area contributed by atoms with Gasteiger partial charge in [-0.15, -0.1) is 0 Å². The van der Waals surface area contributed by atoms with Crippen molar-refractivity contribution in [1.82, 2.24) is 4.98 Å². The number of dihydropyridines is 1. The Morgan fingerprint density at radius 1 is 1.19 bits per heavy atom. The first-order valence-corrected chi connectivity index (χ1v) is 11.2. The molecule has 0 saturated carbocycles. The first kappa shape index (κ1) is 21.9. The summed E-state index contributed by atoms with van der Waals surface area (Å²) in [6.07, 6.45) is 5.33. The molecule has 2 heterocycles. The lowest BCUT2D eigenvalue weighted by atomic mass is 9.82. The Bertz CT molecular complexity index is 1210. The summed E-state index contributed by atoms with van der Waals surface area (Å²) in [7, 11) is 0. The molecule has 0 radical (unpaired) electrons. The van der Waals surface area contributed by atoms with Crippen LogP contribution in [0.25, 0.3) is 22.0 Å². The Hall–Kier alpha value is -3.31. The van der Waals surface area contributed by atoms with Gasteiger partial charge in [0.25, 0.3) is 0 Å². The molecule has 4 rings (SSSR count). The third-order valence-corrected chi connectivity index (χ3v) is 6.39. The average Bonchev–Trinajstić information content (AvgIpc) is 2.83. The van der Waals surface area contributed by atoms with Gasteiger partial charge in [0.2, 0.25) is 0 Å². The highest BCUT2D eigenvalue weighted by Gasteiger charge is 2.29. The molecule has 0 bridgehead atoms. The fourth-order valence-corrected chi connectivity index (χ4v) is 4.47. The molecule has 1 aliphatic rings. The predicted molar refractivity (Wildman–Crippen MR) is 130 cm³/mol. The topological polar surface area (TPSA) is 88.6 Å². The van der Waals surface area contributed by atoms with Gasteiger partial charge in [-0.05, 0) is 60.7 Å². The Labute approximate surface area is 188 Å². The van der Waals surface area contributed by atoms with Crippen LogP contribution in [-0.2, 0) is 11.2 Å². The molecule has 2 atom stereocenters. The second-order valence-electron chi connectivity index (χ2n) is 8.43. The van der Waals surface area contributed by atoms with Crippen LogP contribution in [-0.4, -0.2) is 34.9 Å². The molecular weight excluding hydrogens is 398 g/mol. The van der Waals surface area contributed by atoms with Gasteiger partial charge in [-0.25, -0.2) is 4.79 Å². The number of hydrogen-bond acceptors (Lipinski definition) is 4. The number of carboxylic acid groups (broad SMARTS) is 1. The van der Waals surface area contributed by atoms with Crippen LogP contribution in [0.3, 0.4) is 0 Å². The van der Waals surface area contributed by atoms with Crippen LogP contribution in [0.2, 0.25) is 0 Å². The summed E-state index contributed by atoms with van der Waals surface area (Å²) in [6, 6.07) is 16.5. The number of para-hydroxylation sites is 1. The molecule has 3 aromatic rings. The van der Waals surface area contributed by atoms with Crippen LogP contribution in [0.15, 0.2) is 71.4 Å². The van der Waals surface area contributed by atoms with Gasteiger partial charge < -0.3 is 10.8 Å². The van der Waals surface area contributed by atoms with Gasteiger partial charge in [0.05, 0.1) is 11.2 Å². The zero-order valence-electron chi connectivity index (χ0n) is 18.6. The summed E-state index contributed by atoms with van der Waals surface area (Å²) < 4.78 is 0. The quantitative estimate of drug-likeness (QED) is 0.562. The lowest BCUT2D eigenvalue weighted by Gasteiger charge is -2.26. The van der Waals surface area contributed by atoms with E-state index in [0.717, 1.165) is 46.1 Å². The molecule has 5 heteroatoms. The minimum atomic E-state index is -0.879. The maximum absolute atomic E-state index is 12.0. The third kappa shape index (κ3) is 4.34. The Balaban J connectivity index is 1.74. The smallest absolute Gasteiger partial charge is 0.332 e. The fourth-order valence-electron chi connectivity index (χ4n) is 4.47. The molecule has 0 fully saturated rings. The number of fused-ring (bicyclic) bond motifs is 1. The van der Waals surface area contributed by atoms with Crippen molar-refractivity contribution in [1.29, 1.82) is 0 Å². The van der Waals surface area contributed by atoms with Crippen molar-refractivity contribution >= 4 is 22.6 Å². The summed E-state index contributed by atoms with van der Waals surface area (Å²) in [5.41, 5.74) is 12.1. The fraction of sp³-hybridized carbons (Fsp3) is 0.296. The number of pyridine rings is 1. The van der Waals surface area contributed by atoms with Crippen molar-refractivity contribution in [3.63, 3.8) is 0 Å². The number of benzene rings is 2. The number of rotatable bonds is 7. The third-order valence-electron chi connectivity index (χ3n) is 6.39. The molecule has 1 aliphatic heterocycles. The van der Waals surface area contributed by atoms with E-state index < -0.39 is 5.97 Å². The highest BCUT2D eigenvalue weighted by atomic mass is 16.4. The monoisotopic (exact) mass is 427 g/mol. The number of nitrogens with zero attached hydrogens (tertiary/aromatic N) is 2. The molecule has 2 aromatic carbocycles. The SMILES string of the molecule is CCc1ccc(C2=NCC(C(C)CCN)C(C(=O)O)=C2)cc1-c1cnc2ccccc2c1. The first-order valence-electron chi connectivity index (χ1n) is 11.2. The van der Waals surface area contributed by atoms with Crippen LogP contribution < -0.4 is 5.73 Å². The number of allylic oxidation sites excluding steroid dienone is 1. The van der Waals surface area contributed by atoms with Crippen molar-refractivity contribution in [2.75, 3.05) is 13.1 Å². The summed E-state index contributed by atoms with van der Waals surface area (Å²) >= 11 is 0. The molecule has 164 valence electrons. The summed E-state index contributed by atoms with van der Waals surface area (Å²) in [5.74, 6) is -0.816. The summed E-state index contributed by atoms with van der Waals surface area (Å²) in [4.78, 5) is 21.4. The Kier molecular flexibility index (Phi) is 6.47. The van der Waals surface area contributed by atoms with E-state index in [0.29, 0.717) is 18.7 Å². The van der Waals surface area contributed by atoms with Gasteiger partial charge in [0, 0.05) is 40.7 Å². The maximum atomic E-state index is 12.0. The van der Waals surface area contributed by atoms with Gasteiger partial charge in [-0.3, -0.25) is 9.98 Å². The molecule has 32 heavy (non-hydrogen) atoms. The van der Waals surface area contributed by atoms with E-state index in [2.05, 4.69) is 43.1 Å². The number of aliphatic carboxylic acids is 1. The van der Waals surface area contributed by atoms with Crippen molar-refractivity contribution in [3.8, 4) is 11.1 Å². The minimum Gasteiger partial charge on any atom is -0.478 e. The van der Waals surface area contributed by atoms with E-state index in [9.17, 15) is 9.90 Å². The molecular formula is C27H29N3O2. The molecule has 1 aromatic heterocycles. The van der Waals surface area contributed by atoms with Gasteiger partial charge >= 0.3 is 5.97 Å². The van der Waals surface area contributed by atoms with Crippen molar-refractivity contribution in [3.05, 3.63) is 77.5 Å². The zero-order valence-corrected chi connectivity index (χ0v) is 18.6. The van der Waals surface area contributed by atoms with E-state index in [1.807, 2.05) is 30.5 Å². The van der Waals surface area contributed by atoms with Crippen molar-refractivity contribution in [2.45, 2.75) is 26.7 Å². The molecule has 5 nitrogen and oxygen atoms in total. The number of aromatic nitrogens is 1. The van der Waals surface area contributed by atoms with Crippen LogP contribution in [0.4, 0.5) is 0 Å². The van der Waals surface area contributed by atoms with Gasteiger partial charge in [-0.2, -0.15) is 0 Å². The van der Waals surface area contributed by atoms with Crippen molar-refractivity contribution in [2.24, 2.45) is 22.6 Å². The minimum absolute atomic E-state index is 0.112. The highest BCUT2D eigenvalue weighted by Crippen LogP contribution is 2.31. The Morgan fingerprint density at radius 3 is 2.75 bits per heavy atom. The van der Waals surface area contributed by atoms with Gasteiger partial charge in [-0.1, -0.05) is 44.2 Å². The molecule has 0 aliphatic carbocycles. The number of aliphatic imine (C=N–C) groups is 1. The van der Waals surface area contributed by atoms with E-state index >= 15 is 0 Å². The molecule has 0 spiro atoms. The number of nitrogens with two attached hydrogens (primary N) is 1. The normalized spacial score (nSPS) is 17.0. The predicted octanol–water partition coefficient (Wildman–Crippen LogP) is 4.88. The summed E-state index contributed by atoms with van der Waals surface area (Å²) in [6.45, 7) is 5.20. The van der Waals surface area contributed by atoms with Gasteiger partial charge in [0.15, 0.2) is 0 Å². The molecule has 0 amide bonds. The van der Waals surface area contributed by atoms with Crippen LogP contribution in [0.5, 0.6) is 0 Å². The lowest BCUT2D eigenvalue weighted by Crippen LogP contribution is -2.28. The number of carboxylic acids is 1. The molecule has 3 N–H and O–H groups in total. The highest BCUT2D eigenvalue weighted by molar-refractivity contribution is 6.13. The average molecular weight is 428 g/mol. The lowest BCUT2D eigenvalue weighted by molar-refractivity contribution is -0.133. The van der Waals surface area contributed by atoms with Crippen LogP contribution in [0, 0.1) is 11.8 Å². The van der Waals surface area contributed by atoms with E-state index in [1.165, 1.54) is 5.56 Å². The second-order valence-corrected chi connectivity index (χ2v) is 8.43. The van der Waals surface area contributed by atoms with Crippen LogP contribution >= 0.6 is 0 Å². The number of hydrogen-bond donors (Lipinski definition) is 2. The summed E-state index contributed by atoms with van der Waals surface area (Å²) in [5, 5.41) is 10.9. The largest absolute Gasteiger partial charge is 0.478 e. The number of aryl methyl sites for hydroxylation is 1. The Morgan fingerprint density at radius 2 is 2.00 bits per heavy atom. The second kappa shape index (κ2) is 9.45. The molecule has 2 unspecified atom stereocenters. The van der Waals surface area contributed by atoms with E-state index in [4.69, 9.17) is 10.7 Å². The van der Waals surface area contributed by atoms with Gasteiger partial charge in [0.1, 0.15) is 0 Å². The number of carbonyl (C=O) groups is 1. The first-order chi connectivity index (χ1) is 15.5. The van der Waals surface area contributed by atoms with Crippen molar-refractivity contribution < 1.29 is 9.90 Å². The molecule has 0 saturated heterocycles. The van der Waals surface area contributed by atoms with E-state index in [-0.39, 0.29) is 11.8 Å². The maximum Gasteiger partial charge on any atom is 0.332 e. The zero-order chi connectivity index (χ0) is 22.7.